The first-order valence-corrected chi connectivity index (χ1v) is 10.0. The number of carboxylic acids is 1. The molecule has 2 N–H and O–H groups in total. The van der Waals surface area contributed by atoms with Gasteiger partial charge in [0.25, 0.3) is 5.56 Å². The number of benzene rings is 2. The molecule has 0 spiro atoms. The molecule has 1 unspecified atom stereocenters. The Morgan fingerprint density at radius 2 is 1.74 bits per heavy atom. The quantitative estimate of drug-likeness (QED) is 0.492. The zero-order valence-electron chi connectivity index (χ0n) is 17.6. The van der Waals surface area contributed by atoms with E-state index in [0.717, 1.165) is 27.9 Å². The van der Waals surface area contributed by atoms with E-state index in [1.165, 1.54) is 0 Å². The minimum Gasteiger partial charge on any atom is -0.478 e. The molecule has 1 atom stereocenters. The van der Waals surface area contributed by atoms with E-state index in [1.54, 1.807) is 35.9 Å². The Hall–Kier alpha value is -3.93. The summed E-state index contributed by atoms with van der Waals surface area (Å²) in [4.78, 5) is 29.3. The van der Waals surface area contributed by atoms with Crippen molar-refractivity contribution in [1.29, 1.82) is 0 Å². The number of pyridine rings is 2. The third-order valence-electron chi connectivity index (χ3n) is 5.43. The Morgan fingerprint density at radius 3 is 2.45 bits per heavy atom. The van der Waals surface area contributed by atoms with Gasteiger partial charge in [-0.15, -0.1) is 0 Å². The molecule has 31 heavy (non-hydrogen) atoms. The van der Waals surface area contributed by atoms with Crippen molar-refractivity contribution >= 4 is 22.6 Å². The average molecular weight is 413 g/mol. The topological polar surface area (TPSA) is 84.2 Å². The summed E-state index contributed by atoms with van der Waals surface area (Å²) in [7, 11) is 1.75. The van der Waals surface area contributed by atoms with E-state index in [0.29, 0.717) is 11.2 Å². The number of aromatic carboxylic acids is 1. The summed E-state index contributed by atoms with van der Waals surface area (Å²) < 4.78 is 1.62. The van der Waals surface area contributed by atoms with Crippen LogP contribution in [0.3, 0.4) is 0 Å². The standard InChI is InChI=1S/C25H23N3O3/c1-15-13-19(16(2)27-21-12-8-7-11-18(21)25(30)31)20-14-22(17-9-5-4-6-10-17)28(3)24(29)23(20)26-15/h4-14,16,27H,1-3H3,(H,30,31). The molecular weight excluding hydrogens is 390 g/mol. The van der Waals surface area contributed by atoms with E-state index in [2.05, 4.69) is 10.3 Å². The highest BCUT2D eigenvalue weighted by atomic mass is 16.4. The van der Waals surface area contributed by atoms with Crippen molar-refractivity contribution in [3.05, 3.63) is 93.9 Å². The molecule has 156 valence electrons. The number of fused-ring (bicyclic) bond motifs is 1. The first-order chi connectivity index (χ1) is 14.9. The van der Waals surface area contributed by atoms with Gasteiger partial charge in [-0.25, -0.2) is 9.78 Å². The van der Waals surface area contributed by atoms with E-state index in [1.807, 2.05) is 56.3 Å². The lowest BCUT2D eigenvalue weighted by Gasteiger charge is -2.20. The van der Waals surface area contributed by atoms with Gasteiger partial charge in [0, 0.05) is 29.9 Å². The van der Waals surface area contributed by atoms with Gasteiger partial charge < -0.3 is 15.0 Å². The second-order valence-corrected chi connectivity index (χ2v) is 7.59. The largest absolute Gasteiger partial charge is 0.478 e. The predicted octanol–water partition coefficient (Wildman–Crippen LogP) is 4.78. The zero-order valence-corrected chi connectivity index (χ0v) is 17.6. The van der Waals surface area contributed by atoms with Gasteiger partial charge in [0.1, 0.15) is 5.52 Å². The number of rotatable bonds is 5. The van der Waals surface area contributed by atoms with Crippen LogP contribution >= 0.6 is 0 Å². The molecule has 2 heterocycles. The summed E-state index contributed by atoms with van der Waals surface area (Å²) in [6.45, 7) is 3.80. The molecule has 0 aliphatic rings. The van der Waals surface area contributed by atoms with Crippen molar-refractivity contribution in [3.63, 3.8) is 0 Å². The third kappa shape index (κ3) is 3.80. The minimum absolute atomic E-state index is 0.167. The van der Waals surface area contributed by atoms with Crippen molar-refractivity contribution in [2.45, 2.75) is 19.9 Å². The van der Waals surface area contributed by atoms with Crippen molar-refractivity contribution in [3.8, 4) is 11.3 Å². The summed E-state index contributed by atoms with van der Waals surface area (Å²) in [5.41, 5.74) is 4.31. The van der Waals surface area contributed by atoms with Crippen LogP contribution < -0.4 is 10.9 Å². The predicted molar refractivity (Wildman–Crippen MR) is 123 cm³/mol. The molecule has 0 aliphatic carbocycles. The van der Waals surface area contributed by atoms with E-state index < -0.39 is 5.97 Å². The number of para-hydroxylation sites is 1. The van der Waals surface area contributed by atoms with Crippen LogP contribution in [0.2, 0.25) is 0 Å². The van der Waals surface area contributed by atoms with E-state index in [9.17, 15) is 14.7 Å². The number of carbonyl (C=O) groups is 1. The number of nitrogens with zero attached hydrogens (tertiary/aromatic N) is 2. The van der Waals surface area contributed by atoms with Gasteiger partial charge in [-0.2, -0.15) is 0 Å². The van der Waals surface area contributed by atoms with Crippen molar-refractivity contribution < 1.29 is 9.90 Å². The van der Waals surface area contributed by atoms with Gasteiger partial charge in [-0.05, 0) is 49.2 Å². The summed E-state index contributed by atoms with van der Waals surface area (Å²) >= 11 is 0. The summed E-state index contributed by atoms with van der Waals surface area (Å²) in [5, 5.41) is 13.6. The lowest BCUT2D eigenvalue weighted by molar-refractivity contribution is 0.0698. The normalized spacial score (nSPS) is 12.0. The maximum absolute atomic E-state index is 13.2. The monoisotopic (exact) mass is 413 g/mol. The molecule has 0 saturated heterocycles. The highest BCUT2D eigenvalue weighted by Crippen LogP contribution is 2.30. The molecule has 2 aromatic carbocycles. The Balaban J connectivity index is 1.89. The van der Waals surface area contributed by atoms with Gasteiger partial charge in [-0.3, -0.25) is 4.79 Å². The van der Waals surface area contributed by atoms with Crippen molar-refractivity contribution in [2.24, 2.45) is 7.05 Å². The molecule has 0 amide bonds. The molecule has 6 heteroatoms. The number of aryl methyl sites for hydroxylation is 1. The molecule has 0 bridgehead atoms. The second kappa shape index (κ2) is 8.07. The fourth-order valence-corrected chi connectivity index (χ4v) is 3.88. The van der Waals surface area contributed by atoms with Gasteiger partial charge in [0.15, 0.2) is 0 Å². The highest BCUT2D eigenvalue weighted by Gasteiger charge is 2.18. The Kier molecular flexibility index (Phi) is 5.29. The van der Waals surface area contributed by atoms with Gasteiger partial charge in [-0.1, -0.05) is 42.5 Å². The number of hydrogen-bond donors (Lipinski definition) is 2. The number of carboxylic acid groups (broad SMARTS) is 1. The van der Waals surface area contributed by atoms with E-state index >= 15 is 0 Å². The van der Waals surface area contributed by atoms with Gasteiger partial charge in [0.05, 0.1) is 11.3 Å². The van der Waals surface area contributed by atoms with Crippen LogP contribution in [0.4, 0.5) is 5.69 Å². The maximum Gasteiger partial charge on any atom is 0.337 e. The van der Waals surface area contributed by atoms with Crippen LogP contribution in [-0.2, 0) is 7.05 Å². The number of hydrogen-bond acceptors (Lipinski definition) is 4. The van der Waals surface area contributed by atoms with Crippen LogP contribution in [0.1, 0.15) is 34.6 Å². The molecule has 2 aromatic heterocycles. The number of nitrogens with one attached hydrogen (secondary N) is 1. The molecule has 0 aliphatic heterocycles. The lowest BCUT2D eigenvalue weighted by atomic mass is 9.99. The minimum atomic E-state index is -0.994. The van der Waals surface area contributed by atoms with Crippen molar-refractivity contribution in [2.75, 3.05) is 5.32 Å². The van der Waals surface area contributed by atoms with Crippen LogP contribution in [-0.4, -0.2) is 20.6 Å². The van der Waals surface area contributed by atoms with Crippen molar-refractivity contribution in [1.82, 2.24) is 9.55 Å². The first-order valence-electron chi connectivity index (χ1n) is 10.0. The smallest absolute Gasteiger partial charge is 0.337 e. The fourth-order valence-electron chi connectivity index (χ4n) is 3.88. The lowest BCUT2D eigenvalue weighted by Crippen LogP contribution is -2.21. The Labute approximate surface area is 179 Å². The molecule has 4 aromatic rings. The number of anilines is 1. The van der Waals surface area contributed by atoms with Gasteiger partial charge in [0.2, 0.25) is 0 Å². The zero-order chi connectivity index (χ0) is 22.1. The van der Waals surface area contributed by atoms with Crippen LogP contribution in [0, 0.1) is 6.92 Å². The van der Waals surface area contributed by atoms with Crippen LogP contribution in [0.25, 0.3) is 22.2 Å². The van der Waals surface area contributed by atoms with E-state index in [-0.39, 0.29) is 17.2 Å². The molecule has 6 nitrogen and oxygen atoms in total. The molecule has 0 radical (unpaired) electrons. The highest BCUT2D eigenvalue weighted by molar-refractivity contribution is 5.94. The van der Waals surface area contributed by atoms with E-state index in [4.69, 9.17) is 0 Å². The Morgan fingerprint density at radius 1 is 1.06 bits per heavy atom. The first kappa shape index (κ1) is 20.3. The number of aromatic nitrogens is 2. The van der Waals surface area contributed by atoms with Crippen LogP contribution in [0.15, 0.2) is 71.5 Å². The summed E-state index contributed by atoms with van der Waals surface area (Å²) in [6.07, 6.45) is 0. The summed E-state index contributed by atoms with van der Waals surface area (Å²) in [5.74, 6) is -0.994. The Bertz CT molecular complexity index is 1340. The molecule has 4 rings (SSSR count). The molecule has 0 saturated carbocycles. The molecular formula is C25H23N3O3. The van der Waals surface area contributed by atoms with Crippen LogP contribution in [0.5, 0.6) is 0 Å². The maximum atomic E-state index is 13.2. The SMILES string of the molecule is Cc1cc(C(C)Nc2ccccc2C(=O)O)c2cc(-c3ccccc3)n(C)c(=O)c2n1. The summed E-state index contributed by atoms with van der Waals surface area (Å²) in [6, 6.07) is 20.2. The second-order valence-electron chi connectivity index (χ2n) is 7.59. The average Bonchev–Trinajstić information content (AvgIpc) is 2.77. The molecule has 0 fully saturated rings. The van der Waals surface area contributed by atoms with Gasteiger partial charge >= 0.3 is 5.97 Å². The fraction of sp³-hybridized carbons (Fsp3) is 0.160. The third-order valence-corrected chi connectivity index (χ3v) is 5.43.